The molecule has 12 heteroatoms. The summed E-state index contributed by atoms with van der Waals surface area (Å²) < 4.78 is 33.4. The van der Waals surface area contributed by atoms with Gasteiger partial charge in [-0.15, -0.1) is 0 Å². The predicted molar refractivity (Wildman–Crippen MR) is 267 cm³/mol. The largest absolute Gasteiger partial charge is 0.493 e. The number of carbonyl (C=O) groups is 2. The quantitative estimate of drug-likeness (QED) is 0.0361. The third-order valence-electron chi connectivity index (χ3n) is 10.7. The van der Waals surface area contributed by atoms with Gasteiger partial charge in [-0.1, -0.05) is 105 Å². The van der Waals surface area contributed by atoms with Crippen LogP contribution in [0.25, 0.3) is 12.2 Å². The van der Waals surface area contributed by atoms with Crippen molar-refractivity contribution >= 4 is 73.2 Å². The molecule has 2 aliphatic heterocycles. The molecule has 2 aromatic carbocycles. The number of amides is 2. The van der Waals surface area contributed by atoms with Crippen molar-refractivity contribution in [1.29, 1.82) is 0 Å². The molecule has 0 N–H and O–H groups in total. The summed E-state index contributed by atoms with van der Waals surface area (Å²) in [5.41, 5.74) is 1.99. The maximum atomic E-state index is 13.7. The molecule has 344 valence electrons. The van der Waals surface area contributed by atoms with Crippen molar-refractivity contribution in [3.05, 3.63) is 91.3 Å². The zero-order valence-corrected chi connectivity index (χ0v) is 42.3. The minimum atomic E-state index is -0.487. The minimum Gasteiger partial charge on any atom is -0.493 e. The van der Waals surface area contributed by atoms with Crippen LogP contribution in [-0.4, -0.2) is 67.2 Å². The Kier molecular flexibility index (Phi) is 23.1. The number of likely N-dealkylation sites (N-methyl/N-ethyl adjacent to an activating group) is 2. The van der Waals surface area contributed by atoms with E-state index in [4.69, 9.17) is 35.9 Å². The Morgan fingerprint density at radius 3 is 1.22 bits per heavy atom. The van der Waals surface area contributed by atoms with Crippen molar-refractivity contribution in [1.82, 2.24) is 9.80 Å². The molecule has 0 unspecified atom stereocenters. The summed E-state index contributed by atoms with van der Waals surface area (Å²) in [4.78, 5) is 30.1. The van der Waals surface area contributed by atoms with E-state index in [0.717, 1.165) is 121 Å². The molecule has 0 saturated carbocycles. The Hall–Kier alpha value is -3.87. The first-order chi connectivity index (χ1) is 30.5. The first-order valence-electron chi connectivity index (χ1n) is 23.0. The highest BCUT2D eigenvalue weighted by molar-refractivity contribution is 9.11. The topological polar surface area (TPSA) is 86.8 Å². The third kappa shape index (κ3) is 16.3. The summed E-state index contributed by atoms with van der Waals surface area (Å²) in [5, 5.41) is 0.135. The third-order valence-corrected chi connectivity index (χ3v) is 12.5. The summed E-state index contributed by atoms with van der Waals surface area (Å²) in [6.07, 6.45) is 28.4. The molecule has 63 heavy (non-hydrogen) atoms. The van der Waals surface area contributed by atoms with Gasteiger partial charge in [-0.25, -0.2) is 0 Å². The second-order valence-corrected chi connectivity index (χ2v) is 18.1. The molecule has 2 amide bonds. The van der Waals surface area contributed by atoms with Gasteiger partial charge < -0.3 is 23.7 Å². The van der Waals surface area contributed by atoms with E-state index in [-0.39, 0.29) is 10.7 Å². The molecule has 0 radical (unpaired) electrons. The van der Waals surface area contributed by atoms with Gasteiger partial charge in [-0.3, -0.25) is 19.4 Å². The van der Waals surface area contributed by atoms with E-state index in [1.807, 2.05) is 48.6 Å². The summed E-state index contributed by atoms with van der Waals surface area (Å²) in [7, 11) is 3.15. The lowest BCUT2D eigenvalue weighted by Crippen LogP contribution is -2.53. The van der Waals surface area contributed by atoms with Crippen LogP contribution in [-0.2, 0) is 14.3 Å². The van der Waals surface area contributed by atoms with Crippen molar-refractivity contribution in [3.63, 3.8) is 0 Å². The Bertz CT molecular complexity index is 1870. The highest BCUT2D eigenvalue weighted by Gasteiger charge is 2.37. The molecule has 1 saturated heterocycles. The standard InChI is InChI=1S/C51H68Br2N2O7S/c1-7-11-15-19-27-58-44-35-42(52)46(60-29-21-17-13-9-3)33-37(44)23-25-40-31-39(48-49(56)54(5)51(63)55(6)50(48)57)32-41(62-40)26-24-38-34-47(61-30-22-18-14-10-4)43(53)36-45(38)59-28-20-16-12-8-2/h23-26,31-36H,7-22,27-30H2,1-6H3/b25-23+,26-24+. The number of hydrogen-bond donors (Lipinski definition) is 0. The van der Waals surface area contributed by atoms with Gasteiger partial charge in [0, 0.05) is 30.8 Å². The number of thiocarbonyl (C=S) groups is 1. The molecule has 2 aliphatic rings. The molecule has 1 fully saturated rings. The van der Waals surface area contributed by atoms with Crippen molar-refractivity contribution in [2.45, 2.75) is 130 Å². The van der Waals surface area contributed by atoms with Crippen LogP contribution in [0.2, 0.25) is 0 Å². The van der Waals surface area contributed by atoms with E-state index in [2.05, 4.69) is 59.6 Å². The summed E-state index contributed by atoms with van der Waals surface area (Å²) in [6.45, 7) is 11.1. The lowest BCUT2D eigenvalue weighted by atomic mass is 10.00. The minimum absolute atomic E-state index is 0.00861. The fourth-order valence-corrected chi connectivity index (χ4v) is 7.98. The van der Waals surface area contributed by atoms with Crippen LogP contribution in [0.15, 0.2) is 80.2 Å². The fraction of sp³-hybridized carbons (Fsp3) is 0.510. The number of allylic oxidation sites excluding steroid dienone is 5. The Labute approximate surface area is 399 Å². The molecular formula is C51H68Br2N2O7S. The van der Waals surface area contributed by atoms with Crippen molar-refractivity contribution in [3.8, 4) is 23.0 Å². The van der Waals surface area contributed by atoms with Crippen molar-refractivity contribution in [2.75, 3.05) is 40.5 Å². The van der Waals surface area contributed by atoms with Crippen LogP contribution in [0.5, 0.6) is 23.0 Å². The number of hydrogen-bond acceptors (Lipinski definition) is 8. The predicted octanol–water partition coefficient (Wildman–Crippen LogP) is 14.1. The van der Waals surface area contributed by atoms with E-state index in [0.29, 0.717) is 55.0 Å². The number of unbranched alkanes of at least 4 members (excludes halogenated alkanes) is 12. The van der Waals surface area contributed by atoms with Gasteiger partial charge in [-0.2, -0.15) is 0 Å². The second kappa shape index (κ2) is 28.1. The van der Waals surface area contributed by atoms with Crippen LogP contribution >= 0.6 is 44.1 Å². The molecule has 0 bridgehead atoms. The second-order valence-electron chi connectivity index (χ2n) is 16.0. The number of nitrogens with zero attached hydrogens (tertiary/aromatic N) is 2. The van der Waals surface area contributed by atoms with E-state index >= 15 is 0 Å². The number of carbonyl (C=O) groups excluding carboxylic acids is 2. The first-order valence-corrected chi connectivity index (χ1v) is 25.0. The van der Waals surface area contributed by atoms with Crippen LogP contribution < -0.4 is 18.9 Å². The zero-order valence-electron chi connectivity index (χ0n) is 38.3. The van der Waals surface area contributed by atoms with Gasteiger partial charge in [0.05, 0.1) is 35.4 Å². The average molecular weight is 1010 g/mol. The highest BCUT2D eigenvalue weighted by atomic mass is 79.9. The van der Waals surface area contributed by atoms with Crippen LogP contribution in [0.3, 0.4) is 0 Å². The molecule has 0 atom stereocenters. The first kappa shape index (κ1) is 51.8. The van der Waals surface area contributed by atoms with Crippen LogP contribution in [0.1, 0.15) is 142 Å². The number of ether oxygens (including phenoxy) is 5. The van der Waals surface area contributed by atoms with Gasteiger partial charge in [0.1, 0.15) is 40.1 Å². The smallest absolute Gasteiger partial charge is 0.266 e. The maximum absolute atomic E-state index is 13.7. The van der Waals surface area contributed by atoms with E-state index < -0.39 is 11.8 Å². The van der Waals surface area contributed by atoms with Crippen molar-refractivity contribution in [2.24, 2.45) is 0 Å². The molecular weight excluding hydrogens is 944 g/mol. The zero-order chi connectivity index (χ0) is 45.6. The molecule has 2 aromatic rings. The number of benzene rings is 2. The molecule has 9 nitrogen and oxygen atoms in total. The van der Waals surface area contributed by atoms with Gasteiger partial charge in [0.2, 0.25) is 0 Å². The Morgan fingerprint density at radius 2 is 0.873 bits per heavy atom. The normalized spacial score (nSPS) is 14.5. The van der Waals surface area contributed by atoms with E-state index in [1.165, 1.54) is 22.6 Å². The van der Waals surface area contributed by atoms with Gasteiger partial charge in [-0.05, 0) is 130 Å². The Balaban J connectivity index is 1.75. The fourth-order valence-electron chi connectivity index (χ4n) is 6.95. The van der Waals surface area contributed by atoms with E-state index in [9.17, 15) is 9.59 Å². The van der Waals surface area contributed by atoms with Crippen LogP contribution in [0, 0.1) is 0 Å². The van der Waals surface area contributed by atoms with Gasteiger partial charge in [0.15, 0.2) is 5.11 Å². The summed E-state index contributed by atoms with van der Waals surface area (Å²) in [6, 6.07) is 7.86. The highest BCUT2D eigenvalue weighted by Crippen LogP contribution is 2.37. The molecule has 4 rings (SSSR count). The SMILES string of the molecule is CCCCCCOc1cc(/C=C/C2=CC(=C3C(=O)N(C)C(=S)N(C)C3=O)C=C(/C=C/c3cc(OCCCCCC)c(Br)cc3OCCCCCC)O2)c(OCCCCCC)cc1Br. The molecule has 0 spiro atoms. The Morgan fingerprint density at radius 1 is 0.524 bits per heavy atom. The van der Waals surface area contributed by atoms with E-state index in [1.54, 1.807) is 26.2 Å². The molecule has 0 aliphatic carbocycles. The summed E-state index contributed by atoms with van der Waals surface area (Å²) >= 11 is 12.8. The maximum Gasteiger partial charge on any atom is 0.266 e. The average Bonchev–Trinajstić information content (AvgIpc) is 3.27. The monoisotopic (exact) mass is 1010 g/mol. The van der Waals surface area contributed by atoms with Crippen LogP contribution in [0.4, 0.5) is 0 Å². The number of halogens is 2. The summed E-state index contributed by atoms with van der Waals surface area (Å²) in [5.74, 6) is 2.70. The lowest BCUT2D eigenvalue weighted by Gasteiger charge is -2.32. The van der Waals surface area contributed by atoms with Gasteiger partial charge in [0.25, 0.3) is 11.8 Å². The molecule has 0 aromatic heterocycles. The van der Waals surface area contributed by atoms with Crippen molar-refractivity contribution < 1.29 is 33.3 Å². The molecule has 2 heterocycles. The van der Waals surface area contributed by atoms with Gasteiger partial charge >= 0.3 is 0 Å². The number of rotatable bonds is 28. The lowest BCUT2D eigenvalue weighted by molar-refractivity contribution is -0.132.